The van der Waals surface area contributed by atoms with Gasteiger partial charge in [-0.2, -0.15) is 5.26 Å². The molecular formula is C26H25ClN6O. The van der Waals surface area contributed by atoms with Crippen molar-refractivity contribution in [2.45, 2.75) is 13.5 Å². The summed E-state index contributed by atoms with van der Waals surface area (Å²) in [6.07, 6.45) is 5.90. The van der Waals surface area contributed by atoms with E-state index < -0.39 is 0 Å². The van der Waals surface area contributed by atoms with Crippen LogP contribution in [0.15, 0.2) is 55.0 Å². The third kappa shape index (κ3) is 4.43. The molecule has 4 aromatic rings. The molecule has 0 N–H and O–H groups in total. The molecule has 0 radical (unpaired) electrons. The first-order valence-electron chi connectivity index (χ1n) is 11.2. The number of nitriles is 1. The fourth-order valence-corrected chi connectivity index (χ4v) is 4.63. The summed E-state index contributed by atoms with van der Waals surface area (Å²) in [5.41, 5.74) is 6.63. The van der Waals surface area contributed by atoms with Gasteiger partial charge in [0.05, 0.1) is 17.8 Å². The third-order valence-electron chi connectivity index (χ3n) is 6.30. The Morgan fingerprint density at radius 2 is 1.94 bits per heavy atom. The number of hydrogen-bond acceptors (Lipinski definition) is 6. The highest BCUT2D eigenvalue weighted by atomic mass is 35.5. The number of benzene rings is 1. The van der Waals surface area contributed by atoms with E-state index in [0.29, 0.717) is 16.5 Å². The van der Waals surface area contributed by atoms with Crippen molar-refractivity contribution < 1.29 is 4.74 Å². The summed E-state index contributed by atoms with van der Waals surface area (Å²) >= 11 is 6.37. The number of ether oxygens (including phenoxy) is 1. The van der Waals surface area contributed by atoms with Crippen LogP contribution in [0, 0.1) is 18.3 Å². The van der Waals surface area contributed by atoms with Crippen molar-refractivity contribution in [2.24, 2.45) is 0 Å². The number of piperazine rings is 1. The molecule has 1 fully saturated rings. The Hall–Kier alpha value is -3.60. The standard InChI is InChI=1S/C26H25ClN6O/c1-18-11-25(34-2)23(27)13-22(18)24-17-33-6-5-21(12-26(33)30-24)32-9-7-31(8-10-32)16-19-3-4-20(14-28)29-15-19/h3-6,11-13,15,17H,7-10,16H2,1-2H3. The smallest absolute Gasteiger partial charge is 0.140 e. The van der Waals surface area contributed by atoms with Gasteiger partial charge in [-0.25, -0.2) is 9.97 Å². The average Bonchev–Trinajstić information content (AvgIpc) is 3.29. The molecule has 1 aliphatic heterocycles. The number of fused-ring (bicyclic) bond motifs is 1. The average molecular weight is 473 g/mol. The van der Waals surface area contributed by atoms with Crippen LogP contribution in [0.4, 0.5) is 5.69 Å². The SMILES string of the molecule is COc1cc(C)c(-c2cn3ccc(N4CCN(Cc5ccc(C#N)nc5)CC4)cc3n2)cc1Cl. The number of halogens is 1. The maximum absolute atomic E-state index is 8.91. The van der Waals surface area contributed by atoms with Crippen LogP contribution in [0.25, 0.3) is 16.9 Å². The van der Waals surface area contributed by atoms with E-state index in [4.69, 9.17) is 26.6 Å². The topological polar surface area (TPSA) is 69.7 Å². The first-order chi connectivity index (χ1) is 16.5. The number of nitrogens with zero attached hydrogens (tertiary/aromatic N) is 6. The lowest BCUT2D eigenvalue weighted by atomic mass is 10.1. The quantitative estimate of drug-likeness (QED) is 0.424. The minimum absolute atomic E-state index is 0.455. The number of aromatic nitrogens is 3. The summed E-state index contributed by atoms with van der Waals surface area (Å²) in [4.78, 5) is 13.9. The Bertz CT molecular complexity index is 1370. The monoisotopic (exact) mass is 472 g/mol. The number of pyridine rings is 2. The van der Waals surface area contributed by atoms with E-state index in [2.05, 4.69) is 39.2 Å². The molecule has 0 atom stereocenters. The van der Waals surface area contributed by atoms with Gasteiger partial charge in [0.1, 0.15) is 23.2 Å². The highest BCUT2D eigenvalue weighted by Gasteiger charge is 2.19. The van der Waals surface area contributed by atoms with Crippen molar-refractivity contribution >= 4 is 22.9 Å². The number of rotatable bonds is 5. The van der Waals surface area contributed by atoms with Crippen LogP contribution in [-0.2, 0) is 6.54 Å². The van der Waals surface area contributed by atoms with Crippen molar-refractivity contribution in [1.82, 2.24) is 19.3 Å². The maximum atomic E-state index is 8.91. The van der Waals surface area contributed by atoms with Crippen molar-refractivity contribution in [3.05, 3.63) is 76.8 Å². The van der Waals surface area contributed by atoms with E-state index in [0.717, 1.165) is 60.8 Å². The molecule has 0 saturated carbocycles. The minimum atomic E-state index is 0.455. The van der Waals surface area contributed by atoms with Crippen molar-refractivity contribution in [2.75, 3.05) is 38.2 Å². The second-order valence-electron chi connectivity index (χ2n) is 8.50. The van der Waals surface area contributed by atoms with Crippen LogP contribution in [0.2, 0.25) is 5.02 Å². The lowest BCUT2D eigenvalue weighted by Gasteiger charge is -2.36. The molecule has 8 heteroatoms. The Morgan fingerprint density at radius 3 is 2.65 bits per heavy atom. The number of aryl methyl sites for hydroxylation is 1. The molecule has 1 aromatic carbocycles. The summed E-state index contributed by atoms with van der Waals surface area (Å²) < 4.78 is 7.37. The molecular weight excluding hydrogens is 448 g/mol. The Morgan fingerprint density at radius 1 is 1.12 bits per heavy atom. The minimum Gasteiger partial charge on any atom is -0.495 e. The fraction of sp³-hybridized carbons (Fsp3) is 0.269. The molecule has 4 heterocycles. The van der Waals surface area contributed by atoms with E-state index in [1.165, 1.54) is 5.69 Å². The second kappa shape index (κ2) is 9.34. The van der Waals surface area contributed by atoms with Crippen LogP contribution in [0.5, 0.6) is 5.75 Å². The zero-order valence-electron chi connectivity index (χ0n) is 19.2. The Balaban J connectivity index is 1.29. The van der Waals surface area contributed by atoms with Gasteiger partial charge in [-0.05, 0) is 42.3 Å². The summed E-state index contributed by atoms with van der Waals surface area (Å²) in [6, 6.07) is 14.0. The number of imidazole rings is 1. The predicted octanol–water partition coefficient (Wildman–Crippen LogP) is 4.56. The van der Waals surface area contributed by atoms with Crippen LogP contribution in [-0.4, -0.2) is 52.6 Å². The Labute approximate surface area is 203 Å². The van der Waals surface area contributed by atoms with Gasteiger partial charge < -0.3 is 14.0 Å². The largest absolute Gasteiger partial charge is 0.495 e. The first-order valence-corrected chi connectivity index (χ1v) is 11.6. The van der Waals surface area contributed by atoms with Crippen LogP contribution < -0.4 is 9.64 Å². The van der Waals surface area contributed by atoms with Crippen molar-refractivity contribution in [3.8, 4) is 23.1 Å². The van der Waals surface area contributed by atoms with Crippen molar-refractivity contribution in [1.29, 1.82) is 5.26 Å². The Kier molecular flexibility index (Phi) is 6.10. The summed E-state index contributed by atoms with van der Waals surface area (Å²) in [6.45, 7) is 6.71. The molecule has 34 heavy (non-hydrogen) atoms. The van der Waals surface area contributed by atoms with Gasteiger partial charge in [0.2, 0.25) is 0 Å². The highest BCUT2D eigenvalue weighted by molar-refractivity contribution is 6.32. The predicted molar refractivity (Wildman–Crippen MR) is 133 cm³/mol. The van der Waals surface area contributed by atoms with Gasteiger partial charge in [-0.1, -0.05) is 17.7 Å². The molecule has 7 nitrogen and oxygen atoms in total. The fourth-order valence-electron chi connectivity index (χ4n) is 4.39. The molecule has 1 aliphatic rings. The molecule has 0 spiro atoms. The molecule has 0 unspecified atom stereocenters. The lowest BCUT2D eigenvalue weighted by molar-refractivity contribution is 0.249. The van der Waals surface area contributed by atoms with Crippen LogP contribution >= 0.6 is 11.6 Å². The van der Waals surface area contributed by atoms with Gasteiger partial charge in [0, 0.05) is 68.6 Å². The number of methoxy groups -OCH3 is 1. The summed E-state index contributed by atoms with van der Waals surface area (Å²) in [5, 5.41) is 9.49. The third-order valence-corrected chi connectivity index (χ3v) is 6.60. The molecule has 5 rings (SSSR count). The molecule has 0 aliphatic carbocycles. The zero-order chi connectivity index (χ0) is 23.7. The van der Waals surface area contributed by atoms with Gasteiger partial charge in [0.25, 0.3) is 0 Å². The van der Waals surface area contributed by atoms with E-state index in [1.54, 1.807) is 19.4 Å². The van der Waals surface area contributed by atoms with Gasteiger partial charge in [0.15, 0.2) is 0 Å². The lowest BCUT2D eigenvalue weighted by Crippen LogP contribution is -2.46. The second-order valence-corrected chi connectivity index (χ2v) is 8.91. The first kappa shape index (κ1) is 22.2. The molecule has 0 amide bonds. The van der Waals surface area contributed by atoms with E-state index in [1.807, 2.05) is 35.7 Å². The van der Waals surface area contributed by atoms with E-state index >= 15 is 0 Å². The van der Waals surface area contributed by atoms with Gasteiger partial charge >= 0.3 is 0 Å². The highest BCUT2D eigenvalue weighted by Crippen LogP contribution is 2.33. The molecule has 172 valence electrons. The normalized spacial score (nSPS) is 14.4. The summed E-state index contributed by atoms with van der Waals surface area (Å²) in [5.74, 6) is 0.670. The van der Waals surface area contributed by atoms with Crippen LogP contribution in [0.3, 0.4) is 0 Å². The maximum Gasteiger partial charge on any atom is 0.140 e. The van der Waals surface area contributed by atoms with Gasteiger partial charge in [-0.3, -0.25) is 4.90 Å². The molecule has 3 aromatic heterocycles. The molecule has 0 bridgehead atoms. The van der Waals surface area contributed by atoms with Gasteiger partial charge in [-0.15, -0.1) is 0 Å². The van der Waals surface area contributed by atoms with E-state index in [9.17, 15) is 0 Å². The number of hydrogen-bond donors (Lipinski definition) is 0. The van der Waals surface area contributed by atoms with Crippen LogP contribution in [0.1, 0.15) is 16.8 Å². The summed E-state index contributed by atoms with van der Waals surface area (Å²) in [7, 11) is 1.62. The molecule has 1 saturated heterocycles. The van der Waals surface area contributed by atoms with Crippen molar-refractivity contribution in [3.63, 3.8) is 0 Å². The number of anilines is 1. The zero-order valence-corrected chi connectivity index (χ0v) is 20.0. The van der Waals surface area contributed by atoms with E-state index in [-0.39, 0.29) is 0 Å².